The first-order chi connectivity index (χ1) is 9.19. The summed E-state index contributed by atoms with van der Waals surface area (Å²) in [6, 6.07) is 3.30. The summed E-state index contributed by atoms with van der Waals surface area (Å²) in [5, 5.41) is 12.8. The predicted molar refractivity (Wildman–Crippen MR) is 76.9 cm³/mol. The third-order valence-corrected chi connectivity index (χ3v) is 4.35. The molecular weight excluding hydrogens is 280 g/mol. The molecule has 0 amide bonds. The van der Waals surface area contributed by atoms with Crippen LogP contribution >= 0.6 is 23.1 Å². The van der Waals surface area contributed by atoms with E-state index >= 15 is 0 Å². The van der Waals surface area contributed by atoms with Gasteiger partial charge < -0.3 is 5.11 Å². The largest absolute Gasteiger partial charge is 0.478 e. The second-order valence-corrected chi connectivity index (χ2v) is 5.90. The van der Waals surface area contributed by atoms with Gasteiger partial charge in [0.25, 0.3) is 0 Å². The molecule has 2 aromatic heterocycles. The Morgan fingerprint density at radius 3 is 2.95 bits per heavy atom. The van der Waals surface area contributed by atoms with E-state index in [1.807, 2.05) is 0 Å². The van der Waals surface area contributed by atoms with Crippen LogP contribution in [0.15, 0.2) is 28.7 Å². The number of aryl methyl sites for hydroxylation is 1. The van der Waals surface area contributed by atoms with Crippen molar-refractivity contribution in [2.75, 3.05) is 0 Å². The first kappa shape index (κ1) is 14.0. The SMILES string of the molecule is CCCc1nc(CSc2ccc(C(=O)O)cn2)cs1. The molecule has 19 heavy (non-hydrogen) atoms. The molecule has 0 radical (unpaired) electrons. The zero-order valence-corrected chi connectivity index (χ0v) is 12.1. The summed E-state index contributed by atoms with van der Waals surface area (Å²) >= 11 is 3.26. The fourth-order valence-corrected chi connectivity index (χ4v) is 3.22. The van der Waals surface area contributed by atoms with Crippen LogP contribution in [-0.2, 0) is 12.2 Å². The van der Waals surface area contributed by atoms with Crippen LogP contribution in [0.4, 0.5) is 0 Å². The van der Waals surface area contributed by atoms with Crippen LogP contribution in [0, 0.1) is 0 Å². The summed E-state index contributed by atoms with van der Waals surface area (Å²) in [7, 11) is 0. The van der Waals surface area contributed by atoms with E-state index in [1.165, 1.54) is 11.2 Å². The van der Waals surface area contributed by atoms with Gasteiger partial charge in [-0.15, -0.1) is 23.1 Å². The quantitative estimate of drug-likeness (QED) is 0.826. The molecule has 100 valence electrons. The Kier molecular flexibility index (Phi) is 4.93. The monoisotopic (exact) mass is 294 g/mol. The van der Waals surface area contributed by atoms with Crippen molar-refractivity contribution < 1.29 is 9.90 Å². The summed E-state index contributed by atoms with van der Waals surface area (Å²) < 4.78 is 0. The molecule has 0 fully saturated rings. The summed E-state index contributed by atoms with van der Waals surface area (Å²) in [5.41, 5.74) is 1.27. The van der Waals surface area contributed by atoms with E-state index in [1.54, 1.807) is 35.2 Å². The van der Waals surface area contributed by atoms with Gasteiger partial charge in [0, 0.05) is 17.3 Å². The Labute approximate surface area is 119 Å². The third kappa shape index (κ3) is 4.04. The molecule has 0 unspecified atom stereocenters. The van der Waals surface area contributed by atoms with Gasteiger partial charge in [0.05, 0.1) is 21.3 Å². The molecule has 2 heterocycles. The van der Waals surface area contributed by atoms with E-state index in [4.69, 9.17) is 5.11 Å². The van der Waals surface area contributed by atoms with Crippen LogP contribution in [0.1, 0.15) is 34.4 Å². The predicted octanol–water partition coefficient (Wildman–Crippen LogP) is 3.48. The van der Waals surface area contributed by atoms with Crippen molar-refractivity contribution in [2.45, 2.75) is 30.5 Å². The standard InChI is InChI=1S/C13H14N2O2S2/c1-2-3-12-15-10(8-19-12)7-18-11-5-4-9(6-14-11)13(16)17/h4-6,8H,2-3,7H2,1H3,(H,16,17). The van der Waals surface area contributed by atoms with E-state index in [9.17, 15) is 4.79 Å². The highest BCUT2D eigenvalue weighted by atomic mass is 32.2. The number of carboxylic acid groups (broad SMARTS) is 1. The molecule has 0 aliphatic heterocycles. The Morgan fingerprint density at radius 2 is 2.32 bits per heavy atom. The molecule has 1 N–H and O–H groups in total. The molecule has 0 spiro atoms. The topological polar surface area (TPSA) is 63.1 Å². The minimum Gasteiger partial charge on any atom is -0.478 e. The zero-order valence-electron chi connectivity index (χ0n) is 10.5. The van der Waals surface area contributed by atoms with E-state index in [-0.39, 0.29) is 5.56 Å². The van der Waals surface area contributed by atoms with E-state index in [2.05, 4.69) is 22.3 Å². The maximum atomic E-state index is 10.7. The molecular formula is C13H14N2O2S2. The molecule has 0 aromatic carbocycles. The van der Waals surface area contributed by atoms with Crippen LogP contribution < -0.4 is 0 Å². The van der Waals surface area contributed by atoms with Crippen molar-refractivity contribution in [3.05, 3.63) is 40.0 Å². The summed E-state index contributed by atoms with van der Waals surface area (Å²) in [5.74, 6) is -0.188. The van der Waals surface area contributed by atoms with Gasteiger partial charge in [0.2, 0.25) is 0 Å². The number of aromatic carboxylic acids is 1. The zero-order chi connectivity index (χ0) is 13.7. The van der Waals surface area contributed by atoms with Crippen molar-refractivity contribution in [3.63, 3.8) is 0 Å². The number of nitrogens with zero attached hydrogens (tertiary/aromatic N) is 2. The van der Waals surface area contributed by atoms with Gasteiger partial charge in [0.15, 0.2) is 0 Å². The van der Waals surface area contributed by atoms with Crippen LogP contribution in [0.3, 0.4) is 0 Å². The van der Waals surface area contributed by atoms with E-state index < -0.39 is 5.97 Å². The fraction of sp³-hybridized carbons (Fsp3) is 0.308. The molecule has 0 saturated heterocycles. The highest BCUT2D eigenvalue weighted by molar-refractivity contribution is 7.98. The maximum Gasteiger partial charge on any atom is 0.337 e. The van der Waals surface area contributed by atoms with Gasteiger partial charge in [-0.25, -0.2) is 14.8 Å². The second-order valence-electron chi connectivity index (χ2n) is 3.96. The second kappa shape index (κ2) is 6.68. The Morgan fingerprint density at radius 1 is 1.47 bits per heavy atom. The van der Waals surface area contributed by atoms with Crippen LogP contribution in [-0.4, -0.2) is 21.0 Å². The lowest BCUT2D eigenvalue weighted by atomic mass is 10.3. The van der Waals surface area contributed by atoms with E-state index in [0.717, 1.165) is 29.3 Å². The number of thioether (sulfide) groups is 1. The number of carboxylic acids is 1. The Hall–Kier alpha value is -1.40. The van der Waals surface area contributed by atoms with Crippen LogP contribution in [0.25, 0.3) is 0 Å². The fourth-order valence-electron chi connectivity index (χ4n) is 1.48. The lowest BCUT2D eigenvalue weighted by Crippen LogP contribution is -1.96. The number of carbonyl (C=O) groups is 1. The molecule has 0 saturated carbocycles. The number of pyridine rings is 1. The molecule has 2 rings (SSSR count). The smallest absolute Gasteiger partial charge is 0.337 e. The van der Waals surface area contributed by atoms with Crippen molar-refractivity contribution in [1.29, 1.82) is 0 Å². The molecule has 0 bridgehead atoms. The molecule has 4 nitrogen and oxygen atoms in total. The summed E-state index contributed by atoms with van der Waals surface area (Å²) in [4.78, 5) is 19.4. The van der Waals surface area contributed by atoms with E-state index in [0.29, 0.717) is 0 Å². The van der Waals surface area contributed by atoms with Crippen LogP contribution in [0.5, 0.6) is 0 Å². The van der Waals surface area contributed by atoms with Gasteiger partial charge in [0.1, 0.15) is 0 Å². The molecule has 2 aromatic rings. The maximum absolute atomic E-state index is 10.7. The average Bonchev–Trinajstić information content (AvgIpc) is 2.85. The molecule has 0 aliphatic rings. The van der Waals surface area contributed by atoms with Crippen molar-refractivity contribution in [1.82, 2.24) is 9.97 Å². The van der Waals surface area contributed by atoms with Crippen LogP contribution in [0.2, 0.25) is 0 Å². The van der Waals surface area contributed by atoms with Crippen molar-refractivity contribution >= 4 is 29.1 Å². The Bertz CT molecular complexity index is 552. The highest BCUT2D eigenvalue weighted by Crippen LogP contribution is 2.22. The van der Waals surface area contributed by atoms with Gasteiger partial charge >= 0.3 is 5.97 Å². The molecule has 0 atom stereocenters. The van der Waals surface area contributed by atoms with Gasteiger partial charge in [-0.1, -0.05) is 6.92 Å². The van der Waals surface area contributed by atoms with Crippen molar-refractivity contribution in [2.24, 2.45) is 0 Å². The highest BCUT2D eigenvalue weighted by Gasteiger charge is 2.05. The lowest BCUT2D eigenvalue weighted by molar-refractivity contribution is 0.0696. The summed E-state index contributed by atoms with van der Waals surface area (Å²) in [6.45, 7) is 2.14. The number of thiazole rings is 1. The number of hydrogen-bond acceptors (Lipinski definition) is 5. The first-order valence-corrected chi connectivity index (χ1v) is 7.81. The lowest BCUT2D eigenvalue weighted by Gasteiger charge is -1.99. The van der Waals surface area contributed by atoms with Gasteiger partial charge in [-0.2, -0.15) is 0 Å². The number of aromatic nitrogens is 2. The Balaban J connectivity index is 1.92. The minimum absolute atomic E-state index is 0.211. The normalized spacial score (nSPS) is 10.6. The summed E-state index contributed by atoms with van der Waals surface area (Å²) in [6.07, 6.45) is 3.52. The number of rotatable bonds is 6. The van der Waals surface area contributed by atoms with Gasteiger partial charge in [-0.3, -0.25) is 0 Å². The van der Waals surface area contributed by atoms with Gasteiger partial charge in [-0.05, 0) is 25.0 Å². The van der Waals surface area contributed by atoms with Crippen molar-refractivity contribution in [3.8, 4) is 0 Å². The first-order valence-electron chi connectivity index (χ1n) is 5.94. The number of hydrogen-bond donors (Lipinski definition) is 1. The average molecular weight is 294 g/mol. The minimum atomic E-state index is -0.951. The molecule has 0 aliphatic carbocycles. The third-order valence-electron chi connectivity index (χ3n) is 2.41. The molecule has 6 heteroatoms.